The number of aryl methyl sites for hydroxylation is 1. The van der Waals surface area contributed by atoms with Crippen LogP contribution in [-0.2, 0) is 16.2 Å². The van der Waals surface area contributed by atoms with Crippen molar-refractivity contribution >= 4 is 5.97 Å². The number of hydrogen-bond donors (Lipinski definition) is 1. The van der Waals surface area contributed by atoms with Crippen molar-refractivity contribution in [1.29, 1.82) is 5.26 Å². The molecule has 1 aromatic rings. The van der Waals surface area contributed by atoms with Crippen molar-refractivity contribution in [2.45, 2.75) is 40.3 Å². The Labute approximate surface area is 135 Å². The number of carbonyl (C=O) groups excluding carboxylic acids is 1. The second kappa shape index (κ2) is 7.38. The van der Waals surface area contributed by atoms with Gasteiger partial charge < -0.3 is 9.64 Å². The number of carbonyl (C=O) groups is 1. The van der Waals surface area contributed by atoms with E-state index in [2.05, 4.69) is 5.10 Å². The third kappa shape index (κ3) is 3.77. The van der Waals surface area contributed by atoms with E-state index in [1.54, 1.807) is 13.8 Å². The van der Waals surface area contributed by atoms with Gasteiger partial charge in [0.05, 0.1) is 31.3 Å². The Kier molecular flexibility index (Phi) is 5.50. The summed E-state index contributed by atoms with van der Waals surface area (Å²) in [5.74, 6) is -0.169. The summed E-state index contributed by atoms with van der Waals surface area (Å²) in [5, 5.41) is 13.5. The van der Waals surface area contributed by atoms with E-state index in [-0.39, 0.29) is 23.0 Å². The maximum atomic E-state index is 12.3. The monoisotopic (exact) mass is 319 g/mol. The van der Waals surface area contributed by atoms with Gasteiger partial charge in [0.15, 0.2) is 6.67 Å². The third-order valence-corrected chi connectivity index (χ3v) is 4.43. The molecule has 2 rings (SSSR count). The number of rotatable bonds is 4. The average molecular weight is 319 g/mol. The molecule has 0 spiro atoms. The van der Waals surface area contributed by atoms with E-state index in [1.165, 1.54) is 9.58 Å². The van der Waals surface area contributed by atoms with Gasteiger partial charge >= 0.3 is 5.97 Å². The zero-order valence-corrected chi connectivity index (χ0v) is 13.9. The fraction of sp³-hybridized carbons (Fsp3) is 0.625. The van der Waals surface area contributed by atoms with Gasteiger partial charge in [0.2, 0.25) is 0 Å². The second-order valence-corrected chi connectivity index (χ2v) is 5.94. The maximum Gasteiger partial charge on any atom is 0.309 e. The standard InChI is InChI=1S/C16H22N4O3/c1-4-23-16(22)13-5-7-19(8-6-13)10-20-15(21)14(9-17)11(2)12(3)18-20/h13H,4-8,10H2,1-3H3/p+1. The van der Waals surface area contributed by atoms with Crippen LogP contribution in [-0.4, -0.2) is 35.4 Å². The first-order valence-electron chi connectivity index (χ1n) is 7.96. The van der Waals surface area contributed by atoms with Gasteiger partial charge in [-0.05, 0) is 26.3 Å². The van der Waals surface area contributed by atoms with Gasteiger partial charge in [0.25, 0.3) is 5.56 Å². The molecule has 0 bridgehead atoms. The number of hydrogen-bond acceptors (Lipinski definition) is 5. The minimum absolute atomic E-state index is 0.0437. The van der Waals surface area contributed by atoms with Crippen LogP contribution in [0.15, 0.2) is 4.79 Å². The Morgan fingerprint density at radius 1 is 1.43 bits per heavy atom. The predicted molar refractivity (Wildman–Crippen MR) is 82.7 cm³/mol. The molecule has 0 saturated carbocycles. The van der Waals surface area contributed by atoms with Crippen molar-refractivity contribution in [3.05, 3.63) is 27.2 Å². The summed E-state index contributed by atoms with van der Waals surface area (Å²) in [7, 11) is 0. The van der Waals surface area contributed by atoms with Gasteiger partial charge in [-0.15, -0.1) is 0 Å². The summed E-state index contributed by atoms with van der Waals surface area (Å²) in [6.07, 6.45) is 1.50. The molecular weight excluding hydrogens is 296 g/mol. The Hall–Kier alpha value is -2.20. The number of nitrogens with zero attached hydrogens (tertiary/aromatic N) is 3. The molecule has 0 atom stereocenters. The topological polar surface area (TPSA) is 89.4 Å². The lowest BCUT2D eigenvalue weighted by Gasteiger charge is -2.28. The average Bonchev–Trinajstić information content (AvgIpc) is 2.54. The van der Waals surface area contributed by atoms with Crippen LogP contribution in [0.5, 0.6) is 0 Å². The van der Waals surface area contributed by atoms with E-state index in [4.69, 9.17) is 10.00 Å². The van der Waals surface area contributed by atoms with Gasteiger partial charge in [0.1, 0.15) is 11.6 Å². The zero-order chi connectivity index (χ0) is 17.0. The molecular formula is C16H23N4O3+. The Balaban J connectivity index is 2.05. The third-order valence-electron chi connectivity index (χ3n) is 4.43. The van der Waals surface area contributed by atoms with Crippen molar-refractivity contribution in [3.63, 3.8) is 0 Å². The van der Waals surface area contributed by atoms with Crippen LogP contribution in [0.25, 0.3) is 0 Å². The van der Waals surface area contributed by atoms with Crippen molar-refractivity contribution < 1.29 is 14.4 Å². The maximum absolute atomic E-state index is 12.3. The van der Waals surface area contributed by atoms with Gasteiger partial charge in [-0.2, -0.15) is 15.0 Å². The van der Waals surface area contributed by atoms with Crippen LogP contribution in [0.2, 0.25) is 0 Å². The van der Waals surface area contributed by atoms with Crippen LogP contribution in [0, 0.1) is 31.1 Å². The molecule has 23 heavy (non-hydrogen) atoms. The van der Waals surface area contributed by atoms with Crippen LogP contribution in [0.1, 0.15) is 36.6 Å². The fourth-order valence-electron chi connectivity index (χ4n) is 2.90. The predicted octanol–water partition coefficient (Wildman–Crippen LogP) is -0.453. The van der Waals surface area contributed by atoms with E-state index in [0.717, 1.165) is 25.9 Å². The molecule has 7 nitrogen and oxygen atoms in total. The lowest BCUT2D eigenvalue weighted by molar-refractivity contribution is -0.929. The smallest absolute Gasteiger partial charge is 0.309 e. The van der Waals surface area contributed by atoms with E-state index in [0.29, 0.717) is 24.5 Å². The highest BCUT2D eigenvalue weighted by molar-refractivity contribution is 5.72. The largest absolute Gasteiger partial charge is 0.466 e. The summed E-state index contributed by atoms with van der Waals surface area (Å²) < 4.78 is 6.44. The molecule has 124 valence electrons. The summed E-state index contributed by atoms with van der Waals surface area (Å²) in [4.78, 5) is 25.2. The van der Waals surface area contributed by atoms with Crippen molar-refractivity contribution in [1.82, 2.24) is 9.78 Å². The Morgan fingerprint density at radius 2 is 2.09 bits per heavy atom. The van der Waals surface area contributed by atoms with Gasteiger partial charge in [-0.25, -0.2) is 0 Å². The molecule has 0 aliphatic carbocycles. The summed E-state index contributed by atoms with van der Waals surface area (Å²) >= 11 is 0. The number of esters is 1. The van der Waals surface area contributed by atoms with Crippen molar-refractivity contribution in [2.75, 3.05) is 19.7 Å². The lowest BCUT2D eigenvalue weighted by atomic mass is 9.97. The number of ether oxygens (including phenoxy) is 1. The quantitative estimate of drug-likeness (QED) is 0.759. The van der Waals surface area contributed by atoms with Crippen LogP contribution in [0.3, 0.4) is 0 Å². The molecule has 1 aliphatic rings. The van der Waals surface area contributed by atoms with Crippen LogP contribution >= 0.6 is 0 Å². The molecule has 0 aromatic carbocycles. The number of nitriles is 1. The Morgan fingerprint density at radius 3 is 2.65 bits per heavy atom. The zero-order valence-electron chi connectivity index (χ0n) is 13.9. The molecule has 1 aromatic heterocycles. The highest BCUT2D eigenvalue weighted by Gasteiger charge is 2.29. The SMILES string of the molecule is CCOC(=O)C1CC[NH+](Cn2nc(C)c(C)c(C#N)c2=O)CC1. The molecule has 1 aliphatic heterocycles. The molecule has 7 heteroatoms. The first kappa shape index (κ1) is 17.2. The fourth-order valence-corrected chi connectivity index (χ4v) is 2.90. The van der Waals surface area contributed by atoms with Crippen LogP contribution in [0.4, 0.5) is 0 Å². The normalized spacial score (nSPS) is 20.8. The molecule has 0 unspecified atom stereocenters. The second-order valence-electron chi connectivity index (χ2n) is 5.94. The summed E-state index contributed by atoms with van der Waals surface area (Å²) in [6, 6.07) is 1.97. The highest BCUT2D eigenvalue weighted by atomic mass is 16.5. The molecule has 1 saturated heterocycles. The number of likely N-dealkylation sites (tertiary alicyclic amines) is 1. The molecule has 2 heterocycles. The van der Waals surface area contributed by atoms with Gasteiger partial charge in [-0.3, -0.25) is 9.59 Å². The Bertz CT molecular complexity index is 682. The van der Waals surface area contributed by atoms with E-state index in [1.807, 2.05) is 13.0 Å². The van der Waals surface area contributed by atoms with E-state index >= 15 is 0 Å². The minimum Gasteiger partial charge on any atom is -0.466 e. The molecule has 1 N–H and O–H groups in total. The highest BCUT2D eigenvalue weighted by Crippen LogP contribution is 2.11. The summed E-state index contributed by atoms with van der Waals surface area (Å²) in [6.45, 7) is 7.75. The van der Waals surface area contributed by atoms with Gasteiger partial charge in [-0.1, -0.05) is 0 Å². The van der Waals surface area contributed by atoms with Crippen molar-refractivity contribution in [3.8, 4) is 6.07 Å². The molecule has 0 amide bonds. The lowest BCUT2D eigenvalue weighted by Crippen LogP contribution is -3.12. The molecule has 1 fully saturated rings. The first-order chi connectivity index (χ1) is 11.0. The van der Waals surface area contributed by atoms with Crippen molar-refractivity contribution in [2.24, 2.45) is 5.92 Å². The van der Waals surface area contributed by atoms with E-state index in [9.17, 15) is 9.59 Å². The van der Waals surface area contributed by atoms with Crippen LogP contribution < -0.4 is 10.5 Å². The number of aromatic nitrogens is 2. The number of nitrogens with one attached hydrogen (secondary N) is 1. The molecule has 0 radical (unpaired) electrons. The van der Waals surface area contributed by atoms with Gasteiger partial charge in [0, 0.05) is 12.8 Å². The number of piperidine rings is 1. The number of quaternary nitrogens is 1. The van der Waals surface area contributed by atoms with E-state index < -0.39 is 0 Å². The first-order valence-corrected chi connectivity index (χ1v) is 7.96. The summed E-state index contributed by atoms with van der Waals surface area (Å²) in [5.41, 5.74) is 1.17. The minimum atomic E-state index is -0.337.